The molecule has 0 aromatic carbocycles. The number of aromatic nitrogens is 2. The van der Waals surface area contributed by atoms with Crippen LogP contribution in [0.5, 0.6) is 0 Å². The Morgan fingerprint density at radius 2 is 2.44 bits per heavy atom. The number of aryl methyl sites for hydroxylation is 1. The Kier molecular flexibility index (Phi) is 4.27. The molecule has 1 aliphatic heterocycles. The van der Waals surface area contributed by atoms with Crippen molar-refractivity contribution in [2.24, 2.45) is 0 Å². The standard InChI is InChI=1S/C11H19N5O2/c1-3-13-11(17)9-6-12-4-5-16(9)7-10-15-14-8(2)18-10/h9,12H,3-7H2,1-2H3,(H,13,17). The molecule has 2 heterocycles. The fourth-order valence-corrected chi connectivity index (χ4v) is 2.06. The van der Waals surface area contributed by atoms with Gasteiger partial charge in [-0.05, 0) is 6.92 Å². The minimum atomic E-state index is -0.175. The van der Waals surface area contributed by atoms with Crippen LogP contribution in [-0.4, -0.2) is 53.2 Å². The second-order valence-corrected chi connectivity index (χ2v) is 4.30. The van der Waals surface area contributed by atoms with Gasteiger partial charge in [0, 0.05) is 33.1 Å². The minimum Gasteiger partial charge on any atom is -0.424 e. The van der Waals surface area contributed by atoms with Crippen LogP contribution in [0, 0.1) is 6.92 Å². The van der Waals surface area contributed by atoms with Gasteiger partial charge in [0.25, 0.3) is 0 Å². The Morgan fingerprint density at radius 1 is 1.61 bits per heavy atom. The molecular formula is C11H19N5O2. The average Bonchev–Trinajstić information content (AvgIpc) is 2.76. The number of nitrogens with one attached hydrogen (secondary N) is 2. The van der Waals surface area contributed by atoms with Crippen molar-refractivity contribution in [2.45, 2.75) is 26.4 Å². The summed E-state index contributed by atoms with van der Waals surface area (Å²) < 4.78 is 5.36. The molecule has 2 N–H and O–H groups in total. The molecule has 7 heteroatoms. The molecule has 7 nitrogen and oxygen atoms in total. The molecule has 1 aromatic heterocycles. The van der Waals surface area contributed by atoms with E-state index in [-0.39, 0.29) is 11.9 Å². The fraction of sp³-hybridized carbons (Fsp3) is 0.727. The van der Waals surface area contributed by atoms with Crippen molar-refractivity contribution in [1.82, 2.24) is 25.7 Å². The monoisotopic (exact) mass is 253 g/mol. The van der Waals surface area contributed by atoms with Gasteiger partial charge in [0.1, 0.15) is 6.04 Å². The Labute approximate surface area is 106 Å². The van der Waals surface area contributed by atoms with Crippen LogP contribution in [0.25, 0.3) is 0 Å². The zero-order valence-electron chi connectivity index (χ0n) is 10.8. The van der Waals surface area contributed by atoms with Crippen molar-refractivity contribution in [3.8, 4) is 0 Å². The highest BCUT2D eigenvalue weighted by Gasteiger charge is 2.29. The number of amides is 1. The third-order valence-electron chi connectivity index (χ3n) is 2.91. The Balaban J connectivity index is 2.01. The maximum Gasteiger partial charge on any atom is 0.238 e. The van der Waals surface area contributed by atoms with Crippen molar-refractivity contribution in [3.63, 3.8) is 0 Å². The largest absolute Gasteiger partial charge is 0.424 e. The lowest BCUT2D eigenvalue weighted by molar-refractivity contribution is -0.127. The second-order valence-electron chi connectivity index (χ2n) is 4.30. The summed E-state index contributed by atoms with van der Waals surface area (Å²) in [5, 5.41) is 13.8. The number of likely N-dealkylation sites (N-methyl/N-ethyl adjacent to an activating group) is 1. The molecule has 1 fully saturated rings. The van der Waals surface area contributed by atoms with Gasteiger partial charge in [0.05, 0.1) is 6.54 Å². The predicted octanol–water partition coefficient (Wildman–Crippen LogP) is -0.712. The number of piperazine rings is 1. The zero-order chi connectivity index (χ0) is 13.0. The lowest BCUT2D eigenvalue weighted by atomic mass is 10.1. The van der Waals surface area contributed by atoms with Crippen LogP contribution in [0.2, 0.25) is 0 Å². The SMILES string of the molecule is CCNC(=O)C1CNCCN1Cc1nnc(C)o1. The van der Waals surface area contributed by atoms with Gasteiger partial charge in [0.2, 0.25) is 17.7 Å². The number of hydrogen-bond donors (Lipinski definition) is 2. The number of carbonyl (C=O) groups is 1. The summed E-state index contributed by atoms with van der Waals surface area (Å²) in [6.45, 7) is 7.15. The molecule has 1 atom stereocenters. The maximum absolute atomic E-state index is 11.9. The summed E-state index contributed by atoms with van der Waals surface area (Å²) in [4.78, 5) is 14.0. The molecule has 100 valence electrons. The Bertz CT molecular complexity index is 406. The second kappa shape index (κ2) is 5.92. The highest BCUT2D eigenvalue weighted by atomic mass is 16.4. The first kappa shape index (κ1) is 13.0. The number of carbonyl (C=O) groups excluding carboxylic acids is 1. The molecule has 0 bridgehead atoms. The van der Waals surface area contributed by atoms with E-state index in [9.17, 15) is 4.79 Å². The van der Waals surface area contributed by atoms with Crippen molar-refractivity contribution in [3.05, 3.63) is 11.8 Å². The van der Waals surface area contributed by atoms with Crippen LogP contribution in [0.1, 0.15) is 18.7 Å². The van der Waals surface area contributed by atoms with Crippen LogP contribution >= 0.6 is 0 Å². The molecule has 1 unspecified atom stereocenters. The van der Waals surface area contributed by atoms with Gasteiger partial charge in [-0.15, -0.1) is 10.2 Å². The van der Waals surface area contributed by atoms with Crippen molar-refractivity contribution in [1.29, 1.82) is 0 Å². The molecule has 1 saturated heterocycles. The van der Waals surface area contributed by atoms with Gasteiger partial charge in [-0.1, -0.05) is 0 Å². The normalized spacial score (nSPS) is 20.9. The summed E-state index contributed by atoms with van der Waals surface area (Å²) in [5.74, 6) is 1.15. The first-order valence-corrected chi connectivity index (χ1v) is 6.22. The highest BCUT2D eigenvalue weighted by Crippen LogP contribution is 2.09. The molecule has 2 rings (SSSR count). The van der Waals surface area contributed by atoms with E-state index in [4.69, 9.17) is 4.42 Å². The van der Waals surface area contributed by atoms with Crippen molar-refractivity contribution < 1.29 is 9.21 Å². The van der Waals surface area contributed by atoms with E-state index in [1.54, 1.807) is 6.92 Å². The van der Waals surface area contributed by atoms with Crippen LogP contribution in [0.3, 0.4) is 0 Å². The first-order chi connectivity index (χ1) is 8.70. The smallest absolute Gasteiger partial charge is 0.238 e. The van der Waals surface area contributed by atoms with Gasteiger partial charge < -0.3 is 15.1 Å². The summed E-state index contributed by atoms with van der Waals surface area (Å²) in [7, 11) is 0. The zero-order valence-corrected chi connectivity index (χ0v) is 10.8. The maximum atomic E-state index is 11.9. The third kappa shape index (κ3) is 3.05. The van der Waals surface area contributed by atoms with Crippen molar-refractivity contribution >= 4 is 5.91 Å². The van der Waals surface area contributed by atoms with E-state index in [1.165, 1.54) is 0 Å². The van der Waals surface area contributed by atoms with Gasteiger partial charge in [0.15, 0.2) is 0 Å². The van der Waals surface area contributed by atoms with Gasteiger partial charge >= 0.3 is 0 Å². The van der Waals surface area contributed by atoms with Crippen LogP contribution in [0.4, 0.5) is 0 Å². The topological polar surface area (TPSA) is 83.3 Å². The van der Waals surface area contributed by atoms with E-state index >= 15 is 0 Å². The lowest BCUT2D eigenvalue weighted by Gasteiger charge is -2.33. The van der Waals surface area contributed by atoms with E-state index in [0.29, 0.717) is 31.4 Å². The van der Waals surface area contributed by atoms with E-state index in [2.05, 4.69) is 25.7 Å². The summed E-state index contributed by atoms with van der Waals surface area (Å²) >= 11 is 0. The van der Waals surface area contributed by atoms with E-state index in [1.807, 2.05) is 6.92 Å². The molecule has 1 aliphatic rings. The number of hydrogen-bond acceptors (Lipinski definition) is 6. The quantitative estimate of drug-likeness (QED) is 0.737. The number of nitrogens with zero attached hydrogens (tertiary/aromatic N) is 3. The highest BCUT2D eigenvalue weighted by molar-refractivity contribution is 5.82. The van der Waals surface area contributed by atoms with Gasteiger partial charge in [-0.25, -0.2) is 0 Å². The molecule has 0 spiro atoms. The summed E-state index contributed by atoms with van der Waals surface area (Å²) in [6, 6.07) is -0.175. The van der Waals surface area contributed by atoms with Crippen LogP contribution in [0.15, 0.2) is 4.42 Å². The average molecular weight is 253 g/mol. The molecule has 0 aliphatic carbocycles. The lowest BCUT2D eigenvalue weighted by Crippen LogP contribution is -2.57. The number of rotatable bonds is 4. The fourth-order valence-electron chi connectivity index (χ4n) is 2.06. The molecule has 1 aromatic rings. The third-order valence-corrected chi connectivity index (χ3v) is 2.91. The molecule has 18 heavy (non-hydrogen) atoms. The minimum absolute atomic E-state index is 0.0425. The Morgan fingerprint density at radius 3 is 3.11 bits per heavy atom. The van der Waals surface area contributed by atoms with Crippen molar-refractivity contribution in [2.75, 3.05) is 26.2 Å². The van der Waals surface area contributed by atoms with Gasteiger partial charge in [-0.2, -0.15) is 0 Å². The predicted molar refractivity (Wildman–Crippen MR) is 64.8 cm³/mol. The first-order valence-electron chi connectivity index (χ1n) is 6.22. The van der Waals surface area contributed by atoms with E-state index in [0.717, 1.165) is 13.1 Å². The molecular weight excluding hydrogens is 234 g/mol. The summed E-state index contributed by atoms with van der Waals surface area (Å²) in [5.41, 5.74) is 0. The van der Waals surface area contributed by atoms with Crippen LogP contribution in [-0.2, 0) is 11.3 Å². The Hall–Kier alpha value is -1.47. The van der Waals surface area contributed by atoms with Gasteiger partial charge in [-0.3, -0.25) is 9.69 Å². The van der Waals surface area contributed by atoms with E-state index < -0.39 is 0 Å². The summed E-state index contributed by atoms with van der Waals surface area (Å²) in [6.07, 6.45) is 0. The molecule has 0 radical (unpaired) electrons. The molecule has 1 amide bonds. The van der Waals surface area contributed by atoms with Crippen LogP contribution < -0.4 is 10.6 Å². The molecule has 0 saturated carbocycles.